The molecule has 0 saturated carbocycles. The van der Waals surface area contributed by atoms with E-state index in [-0.39, 0.29) is 6.04 Å². The first-order chi connectivity index (χ1) is 9.28. The minimum absolute atomic E-state index is 0.173. The molecule has 4 heteroatoms. The van der Waals surface area contributed by atoms with E-state index in [1.807, 2.05) is 25.2 Å². The molecule has 0 radical (unpaired) electrons. The number of rotatable bonds is 4. The number of benzene rings is 1. The van der Waals surface area contributed by atoms with E-state index in [1.54, 1.807) is 0 Å². The summed E-state index contributed by atoms with van der Waals surface area (Å²) in [6, 6.07) is 8.06. The lowest BCUT2D eigenvalue weighted by molar-refractivity contribution is 0.0932. The van der Waals surface area contributed by atoms with Gasteiger partial charge in [0.1, 0.15) is 5.76 Å². The van der Waals surface area contributed by atoms with Crippen LogP contribution in [0, 0.1) is 0 Å². The van der Waals surface area contributed by atoms with E-state index in [2.05, 4.69) is 11.4 Å². The zero-order valence-corrected chi connectivity index (χ0v) is 11.7. The summed E-state index contributed by atoms with van der Waals surface area (Å²) < 4.78 is 11.6. The highest BCUT2D eigenvalue weighted by atomic mass is 35.5. The Morgan fingerprint density at radius 3 is 3.05 bits per heavy atom. The van der Waals surface area contributed by atoms with Gasteiger partial charge in [-0.05, 0) is 38.4 Å². The van der Waals surface area contributed by atoms with Gasteiger partial charge < -0.3 is 14.5 Å². The number of nitrogens with one attached hydrogen (secondary N) is 1. The Hall–Kier alpha value is -1.03. The third-order valence-electron chi connectivity index (χ3n) is 3.73. The second-order valence-corrected chi connectivity index (χ2v) is 5.43. The zero-order valence-electron chi connectivity index (χ0n) is 11.0. The third kappa shape index (κ3) is 2.64. The first-order valence-electron chi connectivity index (χ1n) is 6.75. The fourth-order valence-electron chi connectivity index (χ4n) is 2.69. The van der Waals surface area contributed by atoms with Gasteiger partial charge in [0.2, 0.25) is 0 Å². The second kappa shape index (κ2) is 5.53. The molecule has 2 aromatic rings. The zero-order chi connectivity index (χ0) is 13.2. The molecule has 1 saturated heterocycles. The second-order valence-electron chi connectivity index (χ2n) is 5.02. The number of furan rings is 1. The summed E-state index contributed by atoms with van der Waals surface area (Å²) in [4.78, 5) is 0. The van der Waals surface area contributed by atoms with E-state index in [1.165, 1.54) is 0 Å². The molecule has 19 heavy (non-hydrogen) atoms. The summed E-state index contributed by atoms with van der Waals surface area (Å²) in [6.45, 7) is 0.882. The van der Waals surface area contributed by atoms with E-state index in [0.717, 1.165) is 42.6 Å². The Balaban J connectivity index is 1.86. The number of ether oxygens (including phenoxy) is 1. The standard InChI is InChI=1S/C15H18ClNO2/c1-17-13(9-11-5-3-7-18-11)14-8-10-4-2-6-12(16)15(10)19-14/h2,4,6,8,11,13,17H,3,5,7,9H2,1H3. The summed E-state index contributed by atoms with van der Waals surface area (Å²) in [7, 11) is 1.95. The third-order valence-corrected chi connectivity index (χ3v) is 4.03. The van der Waals surface area contributed by atoms with Gasteiger partial charge in [0, 0.05) is 12.0 Å². The summed E-state index contributed by atoms with van der Waals surface area (Å²) in [5.41, 5.74) is 0.770. The highest BCUT2D eigenvalue weighted by molar-refractivity contribution is 6.34. The Morgan fingerprint density at radius 2 is 2.37 bits per heavy atom. The molecule has 3 rings (SSSR count). The van der Waals surface area contributed by atoms with Gasteiger partial charge in [-0.25, -0.2) is 0 Å². The van der Waals surface area contributed by atoms with Crippen LogP contribution in [0.2, 0.25) is 5.02 Å². The average Bonchev–Trinajstić information content (AvgIpc) is 3.05. The quantitative estimate of drug-likeness (QED) is 0.921. The Morgan fingerprint density at radius 1 is 1.47 bits per heavy atom. The first kappa shape index (κ1) is 13.0. The molecule has 102 valence electrons. The average molecular weight is 280 g/mol. The topological polar surface area (TPSA) is 34.4 Å². The predicted molar refractivity (Wildman–Crippen MR) is 76.6 cm³/mol. The Bertz CT molecular complexity index is 560. The molecule has 3 nitrogen and oxygen atoms in total. The molecule has 0 bridgehead atoms. The van der Waals surface area contributed by atoms with Crippen molar-refractivity contribution in [1.29, 1.82) is 0 Å². The molecule has 2 unspecified atom stereocenters. The molecule has 0 aliphatic carbocycles. The Labute approximate surface area is 117 Å². The lowest BCUT2D eigenvalue weighted by Gasteiger charge is -2.17. The molecule has 1 aromatic carbocycles. The van der Waals surface area contributed by atoms with Crippen LogP contribution >= 0.6 is 11.6 Å². The van der Waals surface area contributed by atoms with Gasteiger partial charge in [0.25, 0.3) is 0 Å². The number of para-hydroxylation sites is 1. The van der Waals surface area contributed by atoms with Gasteiger partial charge in [0.05, 0.1) is 17.2 Å². The summed E-state index contributed by atoms with van der Waals surface area (Å²) >= 11 is 6.15. The molecular weight excluding hydrogens is 262 g/mol. The van der Waals surface area contributed by atoms with E-state index in [0.29, 0.717) is 11.1 Å². The van der Waals surface area contributed by atoms with Gasteiger partial charge in [-0.15, -0.1) is 0 Å². The van der Waals surface area contributed by atoms with Crippen molar-refractivity contribution in [2.75, 3.05) is 13.7 Å². The van der Waals surface area contributed by atoms with Crippen molar-refractivity contribution in [3.63, 3.8) is 0 Å². The summed E-state index contributed by atoms with van der Waals surface area (Å²) in [5.74, 6) is 0.932. The number of hydrogen-bond donors (Lipinski definition) is 1. The maximum absolute atomic E-state index is 6.15. The van der Waals surface area contributed by atoms with Crippen molar-refractivity contribution in [2.24, 2.45) is 0 Å². The van der Waals surface area contributed by atoms with Gasteiger partial charge >= 0.3 is 0 Å². The maximum atomic E-state index is 6.15. The Kier molecular flexibility index (Phi) is 3.78. The van der Waals surface area contributed by atoms with Gasteiger partial charge in [-0.2, -0.15) is 0 Å². The van der Waals surface area contributed by atoms with E-state index in [4.69, 9.17) is 20.8 Å². The van der Waals surface area contributed by atoms with Crippen molar-refractivity contribution in [2.45, 2.75) is 31.4 Å². The fraction of sp³-hybridized carbons (Fsp3) is 0.467. The minimum atomic E-state index is 0.173. The van der Waals surface area contributed by atoms with Crippen molar-refractivity contribution in [3.05, 3.63) is 35.0 Å². The van der Waals surface area contributed by atoms with Crippen LogP contribution in [0.5, 0.6) is 0 Å². The molecule has 2 atom stereocenters. The molecule has 2 heterocycles. The van der Waals surface area contributed by atoms with Crippen LogP contribution in [0.3, 0.4) is 0 Å². The van der Waals surface area contributed by atoms with Gasteiger partial charge in [-0.3, -0.25) is 0 Å². The van der Waals surface area contributed by atoms with Crippen molar-refractivity contribution < 1.29 is 9.15 Å². The largest absolute Gasteiger partial charge is 0.458 e. The van der Waals surface area contributed by atoms with Crippen LogP contribution < -0.4 is 5.32 Å². The molecule has 1 N–H and O–H groups in total. The summed E-state index contributed by atoms with van der Waals surface area (Å²) in [6.07, 6.45) is 3.57. The molecule has 1 fully saturated rings. The monoisotopic (exact) mass is 279 g/mol. The van der Waals surface area contributed by atoms with E-state index < -0.39 is 0 Å². The van der Waals surface area contributed by atoms with Gasteiger partial charge in [-0.1, -0.05) is 23.7 Å². The van der Waals surface area contributed by atoms with Crippen LogP contribution in [0.25, 0.3) is 11.0 Å². The predicted octanol–water partition coefficient (Wildman–Crippen LogP) is 3.92. The van der Waals surface area contributed by atoms with Crippen molar-refractivity contribution >= 4 is 22.6 Å². The molecule has 1 aromatic heterocycles. The van der Waals surface area contributed by atoms with Crippen LogP contribution in [-0.2, 0) is 4.74 Å². The minimum Gasteiger partial charge on any atom is -0.458 e. The first-order valence-corrected chi connectivity index (χ1v) is 7.12. The van der Waals surface area contributed by atoms with E-state index >= 15 is 0 Å². The van der Waals surface area contributed by atoms with Crippen LogP contribution in [0.4, 0.5) is 0 Å². The molecule has 0 spiro atoms. The lowest BCUT2D eigenvalue weighted by Crippen LogP contribution is -2.21. The molecular formula is C15H18ClNO2. The summed E-state index contributed by atoms with van der Waals surface area (Å²) in [5, 5.41) is 5.02. The van der Waals surface area contributed by atoms with Crippen LogP contribution in [0.1, 0.15) is 31.1 Å². The van der Waals surface area contributed by atoms with Crippen LogP contribution in [0.15, 0.2) is 28.7 Å². The van der Waals surface area contributed by atoms with E-state index in [9.17, 15) is 0 Å². The highest BCUT2D eigenvalue weighted by Crippen LogP contribution is 2.32. The molecule has 1 aliphatic heterocycles. The van der Waals surface area contributed by atoms with Crippen molar-refractivity contribution in [1.82, 2.24) is 5.32 Å². The van der Waals surface area contributed by atoms with Gasteiger partial charge in [0.15, 0.2) is 5.58 Å². The SMILES string of the molecule is CNC(CC1CCCO1)c1cc2cccc(Cl)c2o1. The molecule has 1 aliphatic rings. The number of halogens is 1. The highest BCUT2D eigenvalue weighted by Gasteiger charge is 2.23. The number of fused-ring (bicyclic) bond motifs is 1. The number of hydrogen-bond acceptors (Lipinski definition) is 3. The van der Waals surface area contributed by atoms with Crippen molar-refractivity contribution in [3.8, 4) is 0 Å². The lowest BCUT2D eigenvalue weighted by atomic mass is 10.0. The fourth-order valence-corrected chi connectivity index (χ4v) is 2.91. The van der Waals surface area contributed by atoms with Crippen LogP contribution in [-0.4, -0.2) is 19.8 Å². The molecule has 0 amide bonds. The maximum Gasteiger partial charge on any atom is 0.152 e. The normalized spacial score (nSPS) is 21.1. The smallest absolute Gasteiger partial charge is 0.152 e.